The van der Waals surface area contributed by atoms with Gasteiger partial charge in [-0.2, -0.15) is 4.31 Å². The van der Waals surface area contributed by atoms with Crippen LogP contribution in [0.5, 0.6) is 11.5 Å². The smallest absolute Gasteiger partial charge is 0.245 e. The maximum absolute atomic E-state index is 14.1. The van der Waals surface area contributed by atoms with Crippen molar-refractivity contribution in [2.24, 2.45) is 5.92 Å². The van der Waals surface area contributed by atoms with Gasteiger partial charge in [0.1, 0.15) is 5.72 Å². The molecule has 2 aromatic rings. The predicted octanol–water partition coefficient (Wildman–Crippen LogP) is 2.11. The van der Waals surface area contributed by atoms with Crippen LogP contribution in [0.4, 0.5) is 0 Å². The lowest BCUT2D eigenvalue weighted by Gasteiger charge is -2.40. The van der Waals surface area contributed by atoms with Crippen LogP contribution in [0.25, 0.3) is 0 Å². The number of nitrogens with zero attached hydrogens (tertiary/aromatic N) is 1. The van der Waals surface area contributed by atoms with Gasteiger partial charge in [-0.1, -0.05) is 50.1 Å². The van der Waals surface area contributed by atoms with Crippen molar-refractivity contribution in [3.8, 4) is 23.5 Å². The van der Waals surface area contributed by atoms with Crippen molar-refractivity contribution in [1.29, 1.82) is 0 Å². The van der Waals surface area contributed by atoms with Gasteiger partial charge < -0.3 is 25.2 Å². The molecular formula is C31H40N4O7S. The number of rotatable bonds is 15. The Morgan fingerprint density at radius 1 is 1.09 bits per heavy atom. The first kappa shape index (κ1) is 32.3. The molecule has 1 aliphatic carbocycles. The van der Waals surface area contributed by atoms with Crippen molar-refractivity contribution in [2.75, 3.05) is 26.4 Å². The van der Waals surface area contributed by atoms with E-state index in [0.717, 1.165) is 22.7 Å². The maximum Gasteiger partial charge on any atom is 0.245 e. The van der Waals surface area contributed by atoms with Crippen LogP contribution in [0.2, 0.25) is 0 Å². The molecule has 12 heteroatoms. The molecule has 1 unspecified atom stereocenters. The summed E-state index contributed by atoms with van der Waals surface area (Å²) < 4.78 is 40.0. The molecule has 11 nitrogen and oxygen atoms in total. The lowest BCUT2D eigenvalue weighted by molar-refractivity contribution is -0.121. The normalized spacial score (nSPS) is 15.5. The minimum Gasteiger partial charge on any atom is -0.454 e. The summed E-state index contributed by atoms with van der Waals surface area (Å²) >= 11 is 0. The minimum atomic E-state index is -4.20. The summed E-state index contributed by atoms with van der Waals surface area (Å²) in [5.74, 6) is 2.91. The van der Waals surface area contributed by atoms with Crippen LogP contribution in [0.15, 0.2) is 53.4 Å². The van der Waals surface area contributed by atoms with Gasteiger partial charge in [-0.15, -0.1) is 0 Å². The van der Waals surface area contributed by atoms with Gasteiger partial charge >= 0.3 is 0 Å². The van der Waals surface area contributed by atoms with E-state index in [-0.39, 0.29) is 74.7 Å². The van der Waals surface area contributed by atoms with Gasteiger partial charge in [0, 0.05) is 56.9 Å². The second-order valence-corrected chi connectivity index (χ2v) is 13.1. The lowest BCUT2D eigenvalue weighted by atomic mass is 9.98. The summed E-state index contributed by atoms with van der Waals surface area (Å²) in [6, 6.07) is 16.5. The Morgan fingerprint density at radius 3 is 2.56 bits per heavy atom. The molecule has 232 valence electrons. The van der Waals surface area contributed by atoms with E-state index < -0.39 is 15.7 Å². The minimum absolute atomic E-state index is 0.00423. The van der Waals surface area contributed by atoms with Crippen molar-refractivity contribution in [2.45, 2.75) is 69.0 Å². The van der Waals surface area contributed by atoms with Crippen LogP contribution >= 0.6 is 0 Å². The van der Waals surface area contributed by atoms with Gasteiger partial charge in [0.2, 0.25) is 28.6 Å². The standard InChI is InChI=1S/C31H40N4O7S/c1-23(2)21-35(43(39,40)26-13-14-27-28(18-26)42-22-41-27)31(38,19-24-8-4-3-5-9-24)15-17-33-29(36)10-6-7-16-32-30(37)20-34-25-11-12-25/h3-5,8-9,13-14,18,23,25,34,38H,6,10-12,15,17,19-22H2,1-2H3,(H,32,37)(H,33,36). The number of carbonyl (C=O) groups excluding carboxylic acids is 2. The molecule has 1 heterocycles. The molecule has 1 atom stereocenters. The third-order valence-electron chi connectivity index (χ3n) is 7.00. The van der Waals surface area contributed by atoms with E-state index in [1.165, 1.54) is 12.1 Å². The van der Waals surface area contributed by atoms with Gasteiger partial charge in [0.05, 0.1) is 11.4 Å². The molecule has 4 N–H and O–H groups in total. The average molecular weight is 613 g/mol. The summed E-state index contributed by atoms with van der Waals surface area (Å²) in [6.07, 6.45) is 2.45. The number of hydrogen-bond donors (Lipinski definition) is 4. The van der Waals surface area contributed by atoms with Crippen molar-refractivity contribution < 1.29 is 32.6 Å². The van der Waals surface area contributed by atoms with E-state index in [2.05, 4.69) is 27.9 Å². The van der Waals surface area contributed by atoms with E-state index in [4.69, 9.17) is 9.47 Å². The second kappa shape index (κ2) is 14.7. The average Bonchev–Trinajstić information content (AvgIpc) is 3.69. The molecule has 1 saturated carbocycles. The fraction of sp³-hybridized carbons (Fsp3) is 0.484. The molecule has 1 fully saturated rings. The Labute approximate surface area is 253 Å². The number of ether oxygens (including phenoxy) is 2. The molecule has 2 aliphatic rings. The fourth-order valence-corrected chi connectivity index (χ4v) is 6.47. The van der Waals surface area contributed by atoms with Crippen LogP contribution in [0, 0.1) is 17.9 Å². The number of hydrogen-bond acceptors (Lipinski definition) is 8. The van der Waals surface area contributed by atoms with Crippen LogP contribution < -0.4 is 25.4 Å². The highest BCUT2D eigenvalue weighted by molar-refractivity contribution is 7.89. The topological polar surface area (TPSA) is 146 Å². The number of amides is 2. The van der Waals surface area contributed by atoms with E-state index >= 15 is 0 Å². The van der Waals surface area contributed by atoms with Crippen molar-refractivity contribution in [3.63, 3.8) is 0 Å². The molecule has 4 rings (SSSR count). The number of benzene rings is 2. The molecule has 0 saturated heterocycles. The lowest BCUT2D eigenvalue weighted by Crippen LogP contribution is -2.55. The SMILES string of the molecule is CC(C)CN(C(O)(CCNC(=O)CCC#CNC(=O)CNC1CC1)Cc1ccccc1)S(=O)(=O)c1ccc2c(c1)OCO2. The van der Waals surface area contributed by atoms with Crippen LogP contribution in [0.1, 0.15) is 51.5 Å². The van der Waals surface area contributed by atoms with Gasteiger partial charge in [-0.3, -0.25) is 14.9 Å². The molecule has 0 aromatic heterocycles. The van der Waals surface area contributed by atoms with Gasteiger partial charge in [0.15, 0.2) is 11.5 Å². The first-order valence-electron chi connectivity index (χ1n) is 14.5. The molecule has 0 radical (unpaired) electrons. The van der Waals surface area contributed by atoms with Crippen molar-refractivity contribution in [1.82, 2.24) is 20.3 Å². The Balaban J connectivity index is 1.42. The Morgan fingerprint density at radius 2 is 1.84 bits per heavy atom. The van der Waals surface area contributed by atoms with Crippen LogP contribution in [0.3, 0.4) is 0 Å². The van der Waals surface area contributed by atoms with E-state index in [0.29, 0.717) is 17.5 Å². The molecule has 0 bridgehead atoms. The monoisotopic (exact) mass is 612 g/mol. The molecule has 43 heavy (non-hydrogen) atoms. The maximum atomic E-state index is 14.1. The van der Waals surface area contributed by atoms with Gasteiger partial charge in [0.25, 0.3) is 0 Å². The first-order chi connectivity index (χ1) is 20.6. The van der Waals surface area contributed by atoms with Crippen molar-refractivity contribution in [3.05, 3.63) is 54.1 Å². The number of aliphatic hydroxyl groups is 1. The van der Waals surface area contributed by atoms with E-state index in [1.807, 2.05) is 44.2 Å². The largest absolute Gasteiger partial charge is 0.454 e. The molecule has 2 aromatic carbocycles. The van der Waals surface area contributed by atoms with Gasteiger partial charge in [-0.05, 0) is 36.5 Å². The zero-order valence-corrected chi connectivity index (χ0v) is 25.4. The van der Waals surface area contributed by atoms with Gasteiger partial charge in [-0.25, -0.2) is 8.42 Å². The molecule has 0 spiro atoms. The summed E-state index contributed by atoms with van der Waals surface area (Å²) in [4.78, 5) is 24.2. The highest BCUT2D eigenvalue weighted by Gasteiger charge is 2.43. The first-order valence-corrected chi connectivity index (χ1v) is 16.0. The summed E-state index contributed by atoms with van der Waals surface area (Å²) in [7, 11) is -4.20. The summed E-state index contributed by atoms with van der Waals surface area (Å²) in [5, 5.41) is 20.5. The van der Waals surface area contributed by atoms with E-state index in [1.54, 1.807) is 6.07 Å². The third-order valence-corrected chi connectivity index (χ3v) is 8.92. The van der Waals surface area contributed by atoms with E-state index in [9.17, 15) is 23.1 Å². The number of nitrogens with one attached hydrogen (secondary N) is 3. The zero-order chi connectivity index (χ0) is 30.9. The van der Waals surface area contributed by atoms with Crippen molar-refractivity contribution >= 4 is 21.8 Å². The number of fused-ring (bicyclic) bond motifs is 1. The van der Waals surface area contributed by atoms with Crippen LogP contribution in [-0.2, 0) is 26.0 Å². The highest BCUT2D eigenvalue weighted by atomic mass is 32.2. The summed E-state index contributed by atoms with van der Waals surface area (Å²) in [5.41, 5.74) is -1.11. The zero-order valence-electron chi connectivity index (χ0n) is 24.6. The quantitative estimate of drug-likeness (QED) is 0.136. The summed E-state index contributed by atoms with van der Waals surface area (Å²) in [6.45, 7) is 4.05. The number of carbonyl (C=O) groups is 2. The molecule has 2 amide bonds. The molecule has 1 aliphatic heterocycles. The predicted molar refractivity (Wildman–Crippen MR) is 160 cm³/mol. The molecular weight excluding hydrogens is 572 g/mol. The second-order valence-electron chi connectivity index (χ2n) is 11.2. The fourth-order valence-electron chi connectivity index (χ4n) is 4.62. The van der Waals surface area contributed by atoms with Crippen LogP contribution in [-0.4, -0.2) is 67.8 Å². The highest BCUT2D eigenvalue weighted by Crippen LogP contribution is 2.37. The number of sulfonamides is 1. The Kier molecular flexibility index (Phi) is 11.0. The Bertz CT molecular complexity index is 1440. The third kappa shape index (κ3) is 9.43. The Hall–Kier alpha value is -3.63.